The second-order valence-corrected chi connectivity index (χ2v) is 9.27. The molecule has 0 aromatic heterocycles. The molecule has 25 heavy (non-hydrogen) atoms. The third-order valence-electron chi connectivity index (χ3n) is 8.23. The third-order valence-corrected chi connectivity index (χ3v) is 8.23. The van der Waals surface area contributed by atoms with E-state index < -0.39 is 0 Å². The van der Waals surface area contributed by atoms with Gasteiger partial charge in [-0.25, -0.2) is 4.79 Å². The predicted octanol–water partition coefficient (Wildman–Crippen LogP) is 4.41. The fourth-order valence-electron chi connectivity index (χ4n) is 7.03. The van der Waals surface area contributed by atoms with Crippen molar-refractivity contribution in [3.63, 3.8) is 0 Å². The molecule has 0 aromatic rings. The van der Waals surface area contributed by atoms with Crippen molar-refractivity contribution in [1.82, 2.24) is 0 Å². The third kappa shape index (κ3) is 2.70. The molecule has 0 heterocycles. The van der Waals surface area contributed by atoms with E-state index in [4.69, 9.17) is 4.74 Å². The Morgan fingerprint density at radius 3 is 2.92 bits per heavy atom. The molecule has 0 aromatic carbocycles. The SMILES string of the molecule is C=CC(=O)OC[C@]12CC[C@@H](O)C=C1CC[C@H]1[C@@H]3CCC[C@@]3(C)CC[C@@H]12. The monoisotopic (exact) mass is 344 g/mol. The summed E-state index contributed by atoms with van der Waals surface area (Å²) in [6.45, 7) is 6.53. The first-order valence-corrected chi connectivity index (χ1v) is 10.2. The molecule has 4 aliphatic rings. The summed E-state index contributed by atoms with van der Waals surface area (Å²) in [6.07, 6.45) is 13.8. The van der Waals surface area contributed by atoms with Crippen molar-refractivity contribution in [1.29, 1.82) is 0 Å². The molecule has 138 valence electrons. The summed E-state index contributed by atoms with van der Waals surface area (Å²) >= 11 is 0. The van der Waals surface area contributed by atoms with Crippen LogP contribution in [0.25, 0.3) is 0 Å². The zero-order valence-corrected chi connectivity index (χ0v) is 15.5. The second-order valence-electron chi connectivity index (χ2n) is 9.27. The number of ether oxygens (including phenoxy) is 1. The van der Waals surface area contributed by atoms with Crippen LogP contribution in [-0.2, 0) is 9.53 Å². The average Bonchev–Trinajstić information content (AvgIpc) is 3.01. The predicted molar refractivity (Wildman–Crippen MR) is 97.8 cm³/mol. The van der Waals surface area contributed by atoms with E-state index in [9.17, 15) is 9.90 Å². The number of hydrogen-bond donors (Lipinski definition) is 1. The molecule has 3 saturated carbocycles. The molecule has 0 unspecified atom stereocenters. The van der Waals surface area contributed by atoms with Gasteiger partial charge in [0.05, 0.1) is 6.10 Å². The number of aliphatic hydroxyl groups excluding tert-OH is 1. The first kappa shape index (κ1) is 17.3. The summed E-state index contributed by atoms with van der Waals surface area (Å²) in [6, 6.07) is 0. The standard InChI is InChI=1S/C22H32O3/c1-3-20(24)25-14-22-12-8-16(23)13-15(22)6-7-17-18-5-4-10-21(18,2)11-9-19(17)22/h3,13,16-19,23H,1,4-12,14H2,2H3/t16-,17+,18+,19+,21+,22-/m1/s1. The van der Waals surface area contributed by atoms with Gasteiger partial charge in [0.15, 0.2) is 0 Å². The van der Waals surface area contributed by atoms with Crippen LogP contribution >= 0.6 is 0 Å². The summed E-state index contributed by atoms with van der Waals surface area (Å²) in [5.41, 5.74) is 1.87. The smallest absolute Gasteiger partial charge is 0.330 e. The van der Waals surface area contributed by atoms with E-state index in [0.29, 0.717) is 17.9 Å². The molecule has 0 aliphatic heterocycles. The van der Waals surface area contributed by atoms with E-state index in [0.717, 1.165) is 31.1 Å². The molecule has 0 saturated heterocycles. The summed E-state index contributed by atoms with van der Waals surface area (Å²) in [5, 5.41) is 10.2. The average molecular weight is 344 g/mol. The minimum atomic E-state index is -0.324. The molecule has 1 N–H and O–H groups in total. The minimum absolute atomic E-state index is 0.0370. The highest BCUT2D eigenvalue weighted by molar-refractivity contribution is 5.81. The minimum Gasteiger partial charge on any atom is -0.462 e. The van der Waals surface area contributed by atoms with Gasteiger partial charge in [0.1, 0.15) is 6.61 Å². The van der Waals surface area contributed by atoms with Gasteiger partial charge in [0.25, 0.3) is 0 Å². The van der Waals surface area contributed by atoms with Crippen molar-refractivity contribution in [2.45, 2.75) is 70.8 Å². The molecule has 3 fully saturated rings. The highest BCUT2D eigenvalue weighted by Gasteiger charge is 2.58. The van der Waals surface area contributed by atoms with Crippen LogP contribution in [-0.4, -0.2) is 23.8 Å². The molecule has 3 nitrogen and oxygen atoms in total. The van der Waals surface area contributed by atoms with Gasteiger partial charge in [-0.2, -0.15) is 0 Å². The Kier molecular flexibility index (Phi) is 4.34. The maximum atomic E-state index is 11.8. The van der Waals surface area contributed by atoms with Gasteiger partial charge in [0.2, 0.25) is 0 Å². The van der Waals surface area contributed by atoms with Gasteiger partial charge in [-0.05, 0) is 74.5 Å². The summed E-state index contributed by atoms with van der Waals surface area (Å²) < 4.78 is 5.63. The van der Waals surface area contributed by atoms with Crippen molar-refractivity contribution in [2.75, 3.05) is 6.61 Å². The highest BCUT2D eigenvalue weighted by Crippen LogP contribution is 2.65. The molecule has 3 heteroatoms. The van der Waals surface area contributed by atoms with Crippen LogP contribution in [0.2, 0.25) is 0 Å². The molecule has 4 rings (SSSR count). The van der Waals surface area contributed by atoms with Crippen molar-refractivity contribution >= 4 is 5.97 Å². The van der Waals surface area contributed by atoms with Crippen LogP contribution < -0.4 is 0 Å². The Hall–Kier alpha value is -1.09. The highest BCUT2D eigenvalue weighted by atomic mass is 16.5. The van der Waals surface area contributed by atoms with Gasteiger partial charge in [-0.3, -0.25) is 0 Å². The molecular formula is C22H32O3. The summed E-state index contributed by atoms with van der Waals surface area (Å²) in [4.78, 5) is 11.8. The Balaban J connectivity index is 1.67. The van der Waals surface area contributed by atoms with Crippen molar-refractivity contribution in [3.05, 3.63) is 24.3 Å². The van der Waals surface area contributed by atoms with Gasteiger partial charge >= 0.3 is 5.97 Å². The number of rotatable bonds is 3. The van der Waals surface area contributed by atoms with Gasteiger partial charge in [0, 0.05) is 11.5 Å². The number of carbonyl (C=O) groups is 1. The molecule has 0 bridgehead atoms. The van der Waals surface area contributed by atoms with Crippen LogP contribution in [0.15, 0.2) is 24.3 Å². The lowest BCUT2D eigenvalue weighted by Crippen LogP contribution is -2.52. The van der Waals surface area contributed by atoms with E-state index in [1.165, 1.54) is 50.2 Å². The first-order chi connectivity index (χ1) is 12.0. The topological polar surface area (TPSA) is 46.5 Å². The lowest BCUT2D eigenvalue weighted by atomic mass is 9.47. The first-order valence-electron chi connectivity index (χ1n) is 10.2. The molecule has 0 amide bonds. The van der Waals surface area contributed by atoms with Crippen LogP contribution in [0.5, 0.6) is 0 Å². The van der Waals surface area contributed by atoms with Crippen LogP contribution in [0.4, 0.5) is 0 Å². The van der Waals surface area contributed by atoms with Gasteiger partial charge in [-0.1, -0.05) is 31.6 Å². The van der Waals surface area contributed by atoms with E-state index in [1.807, 2.05) is 0 Å². The number of esters is 1. The molecule has 6 atom stereocenters. The second kappa shape index (κ2) is 6.26. The fourth-order valence-corrected chi connectivity index (χ4v) is 7.03. The molecule has 0 spiro atoms. The zero-order chi connectivity index (χ0) is 17.7. The fraction of sp³-hybridized carbons (Fsp3) is 0.773. The Bertz CT molecular complexity index is 594. The van der Waals surface area contributed by atoms with E-state index >= 15 is 0 Å². The molecule has 0 radical (unpaired) electrons. The van der Waals surface area contributed by atoms with Gasteiger partial charge in [-0.15, -0.1) is 0 Å². The Morgan fingerprint density at radius 2 is 2.12 bits per heavy atom. The van der Waals surface area contributed by atoms with E-state index in [2.05, 4.69) is 19.6 Å². The zero-order valence-electron chi connectivity index (χ0n) is 15.5. The largest absolute Gasteiger partial charge is 0.462 e. The maximum Gasteiger partial charge on any atom is 0.330 e. The number of carbonyl (C=O) groups excluding carboxylic acids is 1. The van der Waals surface area contributed by atoms with Gasteiger partial charge < -0.3 is 9.84 Å². The lowest BCUT2D eigenvalue weighted by Gasteiger charge is -2.58. The molecule has 4 aliphatic carbocycles. The maximum absolute atomic E-state index is 11.8. The number of hydrogen-bond acceptors (Lipinski definition) is 3. The summed E-state index contributed by atoms with van der Waals surface area (Å²) in [7, 11) is 0. The quantitative estimate of drug-likeness (QED) is 0.469. The van der Waals surface area contributed by atoms with Crippen molar-refractivity contribution in [3.8, 4) is 0 Å². The summed E-state index contributed by atoms with van der Waals surface area (Å²) in [5.74, 6) is 1.89. The number of fused-ring (bicyclic) bond motifs is 5. The Labute approximate surface area is 151 Å². The van der Waals surface area contributed by atoms with E-state index in [-0.39, 0.29) is 17.5 Å². The van der Waals surface area contributed by atoms with Crippen LogP contribution in [0, 0.1) is 28.6 Å². The number of aliphatic hydroxyl groups is 1. The molecular weight excluding hydrogens is 312 g/mol. The normalized spacial score (nSPS) is 45.6. The van der Waals surface area contributed by atoms with Crippen LogP contribution in [0.1, 0.15) is 64.7 Å². The Morgan fingerprint density at radius 1 is 1.28 bits per heavy atom. The van der Waals surface area contributed by atoms with E-state index in [1.54, 1.807) is 0 Å². The van der Waals surface area contributed by atoms with Crippen molar-refractivity contribution < 1.29 is 14.6 Å². The lowest BCUT2D eigenvalue weighted by molar-refractivity contribution is -0.146. The van der Waals surface area contributed by atoms with Crippen LogP contribution in [0.3, 0.4) is 0 Å². The van der Waals surface area contributed by atoms with Crippen molar-refractivity contribution in [2.24, 2.45) is 28.6 Å².